The van der Waals surface area contributed by atoms with Crippen LogP contribution in [0.3, 0.4) is 0 Å². The molecule has 0 amide bonds. The van der Waals surface area contributed by atoms with Crippen molar-refractivity contribution in [3.63, 3.8) is 0 Å². The smallest absolute Gasteiger partial charge is 0.127 e. The largest absolute Gasteiger partial charge is 0.313 e. The van der Waals surface area contributed by atoms with Crippen molar-refractivity contribution in [3.05, 3.63) is 34.6 Å². The number of benzene rings is 1. The summed E-state index contributed by atoms with van der Waals surface area (Å²) < 4.78 is 13.2. The van der Waals surface area contributed by atoms with Gasteiger partial charge in [-0.15, -0.1) is 0 Å². The van der Waals surface area contributed by atoms with Crippen molar-refractivity contribution in [2.75, 3.05) is 11.9 Å². The van der Waals surface area contributed by atoms with Crippen LogP contribution in [0, 0.1) is 5.82 Å². The average Bonchev–Trinajstić information content (AvgIpc) is 2.18. The van der Waals surface area contributed by atoms with Crippen LogP contribution in [0.15, 0.2) is 18.2 Å². The Bertz CT molecular complexity index is 293. The lowest BCUT2D eigenvalue weighted by molar-refractivity contribution is 0.587. The van der Waals surface area contributed by atoms with Crippen molar-refractivity contribution in [2.24, 2.45) is 0 Å². The fourth-order valence-electron chi connectivity index (χ4n) is 1.09. The number of halogens is 3. The summed E-state index contributed by atoms with van der Waals surface area (Å²) in [5.74, 6) is -0.208. The molecule has 1 N–H and O–H groups in total. The summed E-state index contributed by atoms with van der Waals surface area (Å²) in [7, 11) is 0. The first-order chi connectivity index (χ1) is 6.74. The van der Waals surface area contributed by atoms with Gasteiger partial charge in [0, 0.05) is 22.5 Å². The molecule has 0 saturated carbocycles. The van der Waals surface area contributed by atoms with Crippen molar-refractivity contribution in [1.29, 1.82) is 0 Å². The highest BCUT2D eigenvalue weighted by atomic mass is 79.9. The second-order valence-corrected chi connectivity index (χ2v) is 4.18. The highest BCUT2D eigenvalue weighted by Crippen LogP contribution is 2.14. The highest BCUT2D eigenvalue weighted by molar-refractivity contribution is 9.09. The van der Waals surface area contributed by atoms with Crippen LogP contribution in [-0.4, -0.2) is 11.9 Å². The minimum absolute atomic E-state index is 0.208. The van der Waals surface area contributed by atoms with Gasteiger partial charge in [0.05, 0.1) is 0 Å². The van der Waals surface area contributed by atoms with Gasteiger partial charge in [-0.25, -0.2) is 4.39 Å². The molecule has 0 saturated heterocycles. The molecule has 1 nitrogen and oxygen atoms in total. The van der Waals surface area contributed by atoms with Gasteiger partial charge >= 0.3 is 0 Å². The van der Waals surface area contributed by atoms with Gasteiger partial charge in [0.2, 0.25) is 0 Å². The van der Waals surface area contributed by atoms with Gasteiger partial charge in [-0.05, 0) is 31.2 Å². The molecular formula is C10H12BrClFN. The number of nitrogens with one attached hydrogen (secondary N) is 1. The summed E-state index contributed by atoms with van der Waals surface area (Å²) in [6, 6.07) is 4.60. The van der Waals surface area contributed by atoms with Crippen LogP contribution >= 0.6 is 27.5 Å². The predicted octanol–water partition coefficient (Wildman–Crippen LogP) is 3.35. The third-order valence-corrected chi connectivity index (χ3v) is 2.61. The van der Waals surface area contributed by atoms with Crippen molar-refractivity contribution in [1.82, 2.24) is 5.32 Å². The van der Waals surface area contributed by atoms with Gasteiger partial charge in [-0.2, -0.15) is 0 Å². The zero-order chi connectivity index (χ0) is 10.4. The maximum Gasteiger partial charge on any atom is 0.127 e. The van der Waals surface area contributed by atoms with E-state index in [9.17, 15) is 4.39 Å². The van der Waals surface area contributed by atoms with Crippen molar-refractivity contribution in [2.45, 2.75) is 13.0 Å². The maximum atomic E-state index is 13.2. The SMILES string of the molecule is Fc1ccc(Cl)cc1CNCCCBr. The minimum Gasteiger partial charge on any atom is -0.313 e. The predicted molar refractivity (Wildman–Crippen MR) is 61.5 cm³/mol. The van der Waals surface area contributed by atoms with Crippen molar-refractivity contribution < 1.29 is 4.39 Å². The van der Waals surface area contributed by atoms with E-state index in [4.69, 9.17) is 11.6 Å². The second kappa shape index (κ2) is 6.38. The number of rotatable bonds is 5. The molecule has 0 atom stereocenters. The Morgan fingerprint density at radius 2 is 2.21 bits per heavy atom. The molecule has 4 heteroatoms. The van der Waals surface area contributed by atoms with E-state index in [1.165, 1.54) is 6.07 Å². The minimum atomic E-state index is -0.208. The number of alkyl halides is 1. The van der Waals surface area contributed by atoms with E-state index in [0.29, 0.717) is 17.1 Å². The van der Waals surface area contributed by atoms with E-state index >= 15 is 0 Å². The molecule has 1 rings (SSSR count). The van der Waals surface area contributed by atoms with Gasteiger partial charge in [-0.3, -0.25) is 0 Å². The molecular weight excluding hydrogens is 268 g/mol. The quantitative estimate of drug-likeness (QED) is 0.644. The van der Waals surface area contributed by atoms with Crippen LogP contribution in [0.5, 0.6) is 0 Å². The van der Waals surface area contributed by atoms with Crippen LogP contribution in [0.4, 0.5) is 4.39 Å². The lowest BCUT2D eigenvalue weighted by Crippen LogP contribution is -2.15. The van der Waals surface area contributed by atoms with E-state index in [1.54, 1.807) is 12.1 Å². The lowest BCUT2D eigenvalue weighted by atomic mass is 10.2. The molecule has 0 radical (unpaired) electrons. The first-order valence-electron chi connectivity index (χ1n) is 4.44. The first-order valence-corrected chi connectivity index (χ1v) is 5.94. The Hall–Kier alpha value is -0.120. The molecule has 0 aliphatic carbocycles. The van der Waals surface area contributed by atoms with Gasteiger partial charge < -0.3 is 5.32 Å². The van der Waals surface area contributed by atoms with E-state index < -0.39 is 0 Å². The van der Waals surface area contributed by atoms with Crippen LogP contribution in [0.2, 0.25) is 5.02 Å². The zero-order valence-electron chi connectivity index (χ0n) is 7.69. The molecule has 0 bridgehead atoms. The third-order valence-electron chi connectivity index (χ3n) is 1.81. The Morgan fingerprint density at radius 1 is 1.43 bits per heavy atom. The van der Waals surface area contributed by atoms with Crippen molar-refractivity contribution >= 4 is 27.5 Å². The van der Waals surface area contributed by atoms with Gasteiger partial charge in [0.25, 0.3) is 0 Å². The zero-order valence-corrected chi connectivity index (χ0v) is 10.0. The van der Waals surface area contributed by atoms with Gasteiger partial charge in [0.1, 0.15) is 5.82 Å². The summed E-state index contributed by atoms with van der Waals surface area (Å²) in [5.41, 5.74) is 0.618. The van der Waals surface area contributed by atoms with Crippen LogP contribution < -0.4 is 5.32 Å². The monoisotopic (exact) mass is 279 g/mol. The van der Waals surface area contributed by atoms with E-state index in [2.05, 4.69) is 21.2 Å². The summed E-state index contributed by atoms with van der Waals surface area (Å²) in [4.78, 5) is 0. The van der Waals surface area contributed by atoms with E-state index in [1.807, 2.05) is 0 Å². The maximum absolute atomic E-state index is 13.2. The molecule has 1 aromatic rings. The second-order valence-electron chi connectivity index (χ2n) is 2.96. The highest BCUT2D eigenvalue weighted by Gasteiger charge is 2.01. The fourth-order valence-corrected chi connectivity index (χ4v) is 1.57. The average molecular weight is 281 g/mol. The third kappa shape index (κ3) is 3.95. The fraction of sp³-hybridized carbons (Fsp3) is 0.400. The number of hydrogen-bond acceptors (Lipinski definition) is 1. The van der Waals surface area contributed by atoms with Crippen LogP contribution in [0.1, 0.15) is 12.0 Å². The molecule has 0 unspecified atom stereocenters. The molecule has 0 heterocycles. The summed E-state index contributed by atoms with van der Waals surface area (Å²) >= 11 is 9.08. The van der Waals surface area contributed by atoms with Gasteiger partial charge in [-0.1, -0.05) is 27.5 Å². The van der Waals surface area contributed by atoms with Crippen LogP contribution in [-0.2, 0) is 6.54 Å². The summed E-state index contributed by atoms with van der Waals surface area (Å²) in [5, 5.41) is 4.67. The molecule has 0 aromatic heterocycles. The summed E-state index contributed by atoms with van der Waals surface area (Å²) in [6.07, 6.45) is 1.03. The van der Waals surface area contributed by atoms with Crippen LogP contribution in [0.25, 0.3) is 0 Å². The molecule has 0 fully saturated rings. The van der Waals surface area contributed by atoms with Crippen molar-refractivity contribution in [3.8, 4) is 0 Å². The van der Waals surface area contributed by atoms with E-state index in [0.717, 1.165) is 18.3 Å². The Kier molecular flexibility index (Phi) is 5.45. The number of hydrogen-bond donors (Lipinski definition) is 1. The Labute approximate surface area is 96.8 Å². The molecule has 0 aliphatic rings. The molecule has 0 spiro atoms. The topological polar surface area (TPSA) is 12.0 Å². The molecule has 1 aromatic carbocycles. The first kappa shape index (κ1) is 12.0. The molecule has 14 heavy (non-hydrogen) atoms. The standard InChI is InChI=1S/C10H12BrClFN/c11-4-1-5-14-7-8-6-9(12)2-3-10(8)13/h2-3,6,14H,1,4-5,7H2. The lowest BCUT2D eigenvalue weighted by Gasteiger charge is -2.05. The van der Waals surface area contributed by atoms with Gasteiger partial charge in [0.15, 0.2) is 0 Å². The Morgan fingerprint density at radius 3 is 2.93 bits per heavy atom. The molecule has 0 aliphatic heterocycles. The molecule has 78 valence electrons. The Balaban J connectivity index is 2.45. The summed E-state index contributed by atoms with van der Waals surface area (Å²) in [6.45, 7) is 1.40. The normalized spacial score (nSPS) is 10.5. The van der Waals surface area contributed by atoms with E-state index in [-0.39, 0.29) is 5.82 Å².